The lowest BCUT2D eigenvalue weighted by Gasteiger charge is -2.34. The Morgan fingerprint density at radius 2 is 1.93 bits per heavy atom. The summed E-state index contributed by atoms with van der Waals surface area (Å²) in [7, 11) is 0. The number of piperazine rings is 1. The molecule has 0 aliphatic carbocycles. The first-order valence-corrected chi connectivity index (χ1v) is 10.0. The number of carbonyl (C=O) groups excluding carboxylic acids is 1. The van der Waals surface area contributed by atoms with Crippen molar-refractivity contribution in [3.63, 3.8) is 0 Å². The molecule has 0 unspecified atom stereocenters. The molecule has 2 aromatic heterocycles. The van der Waals surface area contributed by atoms with Crippen molar-refractivity contribution in [2.75, 3.05) is 44.6 Å². The molecule has 3 heterocycles. The molecule has 3 aromatic rings. The van der Waals surface area contributed by atoms with Crippen molar-refractivity contribution in [2.45, 2.75) is 6.92 Å². The molecular formula is C20H23N5OS. The van der Waals surface area contributed by atoms with Crippen molar-refractivity contribution in [3.05, 3.63) is 42.7 Å². The lowest BCUT2D eigenvalue weighted by molar-refractivity contribution is -0.130. The number of carbonyl (C=O) groups is 1. The van der Waals surface area contributed by atoms with Crippen LogP contribution in [0.1, 0.15) is 6.92 Å². The molecule has 1 aliphatic heterocycles. The zero-order valence-electron chi connectivity index (χ0n) is 15.4. The summed E-state index contributed by atoms with van der Waals surface area (Å²) in [5.41, 5.74) is 1.20. The van der Waals surface area contributed by atoms with Crippen LogP contribution in [-0.2, 0) is 4.79 Å². The topological polar surface area (TPSA) is 61.4 Å². The number of anilines is 1. The summed E-state index contributed by atoms with van der Waals surface area (Å²) in [6.07, 6.45) is 1.63. The molecule has 140 valence electrons. The highest BCUT2D eigenvalue weighted by Gasteiger charge is 2.18. The lowest BCUT2D eigenvalue weighted by atomic mass is 10.2. The second-order valence-electron chi connectivity index (χ2n) is 6.69. The Balaban J connectivity index is 1.39. The fourth-order valence-electron chi connectivity index (χ4n) is 3.36. The Labute approximate surface area is 162 Å². The molecule has 27 heavy (non-hydrogen) atoms. The van der Waals surface area contributed by atoms with Crippen LogP contribution in [0.15, 0.2) is 42.7 Å². The Morgan fingerprint density at radius 1 is 1.15 bits per heavy atom. The van der Waals surface area contributed by atoms with E-state index in [1.165, 1.54) is 10.4 Å². The minimum Gasteiger partial charge on any atom is -0.368 e. The number of nitrogens with zero attached hydrogens (tertiary/aromatic N) is 4. The van der Waals surface area contributed by atoms with Gasteiger partial charge < -0.3 is 10.2 Å². The van der Waals surface area contributed by atoms with Crippen molar-refractivity contribution in [3.8, 4) is 10.4 Å². The van der Waals surface area contributed by atoms with E-state index in [4.69, 9.17) is 0 Å². The van der Waals surface area contributed by atoms with E-state index >= 15 is 0 Å². The van der Waals surface area contributed by atoms with Crippen molar-refractivity contribution in [1.29, 1.82) is 0 Å². The Morgan fingerprint density at radius 3 is 2.67 bits per heavy atom. The number of benzene rings is 1. The van der Waals surface area contributed by atoms with E-state index in [1.807, 2.05) is 11.0 Å². The van der Waals surface area contributed by atoms with Gasteiger partial charge in [-0.2, -0.15) is 0 Å². The maximum absolute atomic E-state index is 11.4. The molecule has 0 radical (unpaired) electrons. The van der Waals surface area contributed by atoms with Crippen LogP contribution in [-0.4, -0.2) is 64.9 Å². The molecule has 6 nitrogen and oxygen atoms in total. The molecule has 1 fully saturated rings. The van der Waals surface area contributed by atoms with Gasteiger partial charge in [0.2, 0.25) is 5.91 Å². The number of fused-ring (bicyclic) bond motifs is 1. The number of aromatic nitrogens is 2. The summed E-state index contributed by atoms with van der Waals surface area (Å²) in [5.74, 6) is 1.06. The molecule has 4 rings (SSSR count). The van der Waals surface area contributed by atoms with Crippen LogP contribution in [0.3, 0.4) is 0 Å². The average Bonchev–Trinajstić information content (AvgIpc) is 3.14. The third-order valence-corrected chi connectivity index (χ3v) is 6.02. The number of rotatable bonds is 5. The van der Waals surface area contributed by atoms with E-state index in [1.54, 1.807) is 24.6 Å². The second kappa shape index (κ2) is 8.02. The van der Waals surface area contributed by atoms with E-state index in [9.17, 15) is 4.79 Å². The van der Waals surface area contributed by atoms with Gasteiger partial charge in [-0.1, -0.05) is 30.3 Å². The smallest absolute Gasteiger partial charge is 0.219 e. The summed E-state index contributed by atoms with van der Waals surface area (Å²) in [6.45, 7) is 6.89. The van der Waals surface area contributed by atoms with Gasteiger partial charge in [-0.05, 0) is 11.6 Å². The standard InChI is InChI=1S/C20H23N5OS/c1-15(26)25-11-9-24(10-12-25)8-7-21-19-17-13-18(16-5-3-2-4-6-16)27-20(17)23-14-22-19/h2-6,13-14H,7-12H2,1H3,(H,21,22,23). The molecular weight excluding hydrogens is 358 g/mol. The van der Waals surface area contributed by atoms with Gasteiger partial charge in [0.05, 0.1) is 5.39 Å². The first-order valence-electron chi connectivity index (χ1n) is 9.22. The number of hydrogen-bond acceptors (Lipinski definition) is 6. The molecule has 1 N–H and O–H groups in total. The van der Waals surface area contributed by atoms with Gasteiger partial charge in [0, 0.05) is 51.1 Å². The highest BCUT2D eigenvalue weighted by Crippen LogP contribution is 2.34. The van der Waals surface area contributed by atoms with Crippen LogP contribution < -0.4 is 5.32 Å². The molecule has 1 aromatic carbocycles. The van der Waals surface area contributed by atoms with Crippen molar-refractivity contribution in [2.24, 2.45) is 0 Å². The van der Waals surface area contributed by atoms with Crippen LogP contribution in [0.25, 0.3) is 20.7 Å². The first kappa shape index (κ1) is 17.9. The average molecular weight is 382 g/mol. The summed E-state index contributed by atoms with van der Waals surface area (Å²) in [6, 6.07) is 12.5. The molecule has 0 atom stereocenters. The zero-order chi connectivity index (χ0) is 18.6. The van der Waals surface area contributed by atoms with Gasteiger partial charge >= 0.3 is 0 Å². The predicted molar refractivity (Wildman–Crippen MR) is 110 cm³/mol. The highest BCUT2D eigenvalue weighted by molar-refractivity contribution is 7.21. The fourth-order valence-corrected chi connectivity index (χ4v) is 4.36. The molecule has 0 bridgehead atoms. The van der Waals surface area contributed by atoms with Gasteiger partial charge in [0.1, 0.15) is 17.0 Å². The number of hydrogen-bond donors (Lipinski definition) is 1. The zero-order valence-corrected chi connectivity index (χ0v) is 16.2. The van der Waals surface area contributed by atoms with Crippen molar-refractivity contribution >= 4 is 33.3 Å². The fraction of sp³-hybridized carbons (Fsp3) is 0.350. The maximum Gasteiger partial charge on any atom is 0.219 e. The Kier molecular flexibility index (Phi) is 5.31. The minimum absolute atomic E-state index is 0.169. The lowest BCUT2D eigenvalue weighted by Crippen LogP contribution is -2.49. The van der Waals surface area contributed by atoms with Crippen LogP contribution in [0, 0.1) is 0 Å². The van der Waals surface area contributed by atoms with E-state index in [0.29, 0.717) is 0 Å². The van der Waals surface area contributed by atoms with Crippen LogP contribution >= 0.6 is 11.3 Å². The number of amides is 1. The largest absolute Gasteiger partial charge is 0.368 e. The summed E-state index contributed by atoms with van der Waals surface area (Å²) in [4.78, 5) is 26.8. The van der Waals surface area contributed by atoms with Gasteiger partial charge in [-0.15, -0.1) is 11.3 Å². The molecule has 0 spiro atoms. The number of thiophene rings is 1. The third-order valence-electron chi connectivity index (χ3n) is 4.93. The highest BCUT2D eigenvalue weighted by atomic mass is 32.1. The van der Waals surface area contributed by atoms with Crippen LogP contribution in [0.4, 0.5) is 5.82 Å². The quantitative estimate of drug-likeness (QED) is 0.736. The van der Waals surface area contributed by atoms with E-state index in [0.717, 1.165) is 55.3 Å². The monoisotopic (exact) mass is 381 g/mol. The summed E-state index contributed by atoms with van der Waals surface area (Å²) < 4.78 is 0. The van der Waals surface area contributed by atoms with Gasteiger partial charge in [0.15, 0.2) is 0 Å². The Bertz CT molecular complexity index is 919. The SMILES string of the molecule is CC(=O)N1CCN(CCNc2ncnc3sc(-c4ccccc4)cc23)CC1. The molecule has 7 heteroatoms. The normalized spacial score (nSPS) is 15.2. The minimum atomic E-state index is 0.169. The van der Waals surface area contributed by atoms with E-state index in [-0.39, 0.29) is 5.91 Å². The molecule has 1 saturated heterocycles. The molecule has 0 saturated carbocycles. The van der Waals surface area contributed by atoms with Gasteiger partial charge in [0.25, 0.3) is 0 Å². The molecule has 1 aliphatic rings. The van der Waals surface area contributed by atoms with Crippen molar-refractivity contribution in [1.82, 2.24) is 19.8 Å². The predicted octanol–water partition coefficient (Wildman–Crippen LogP) is 2.93. The molecule has 1 amide bonds. The maximum atomic E-state index is 11.4. The van der Waals surface area contributed by atoms with Gasteiger partial charge in [-0.3, -0.25) is 9.69 Å². The van der Waals surface area contributed by atoms with Crippen molar-refractivity contribution < 1.29 is 4.79 Å². The van der Waals surface area contributed by atoms with E-state index in [2.05, 4.69) is 50.5 Å². The van der Waals surface area contributed by atoms with Crippen LogP contribution in [0.2, 0.25) is 0 Å². The summed E-state index contributed by atoms with van der Waals surface area (Å²) >= 11 is 1.69. The summed E-state index contributed by atoms with van der Waals surface area (Å²) in [5, 5.41) is 4.54. The van der Waals surface area contributed by atoms with E-state index < -0.39 is 0 Å². The first-order chi connectivity index (χ1) is 13.2. The third kappa shape index (κ3) is 4.09. The van der Waals surface area contributed by atoms with Crippen LogP contribution in [0.5, 0.6) is 0 Å². The number of nitrogens with one attached hydrogen (secondary N) is 1. The van der Waals surface area contributed by atoms with Gasteiger partial charge in [-0.25, -0.2) is 9.97 Å². The Hall–Kier alpha value is -2.51. The second-order valence-corrected chi connectivity index (χ2v) is 7.72.